The Bertz CT molecular complexity index is 250. The van der Waals surface area contributed by atoms with E-state index in [2.05, 4.69) is 0 Å². The molecule has 0 fully saturated rings. The van der Waals surface area contributed by atoms with Gasteiger partial charge in [0.15, 0.2) is 0 Å². The predicted octanol–water partition coefficient (Wildman–Crippen LogP) is 1.92. The lowest BCUT2D eigenvalue weighted by atomic mass is 10.2. The molecule has 0 amide bonds. The van der Waals surface area contributed by atoms with Gasteiger partial charge in [-0.05, 0) is 17.7 Å². The van der Waals surface area contributed by atoms with Gasteiger partial charge in [0.05, 0.1) is 6.61 Å². The third-order valence-electron chi connectivity index (χ3n) is 1.62. The van der Waals surface area contributed by atoms with E-state index < -0.39 is 6.67 Å². The number of aliphatic hydroxyl groups excluding tert-OH is 1. The molecule has 0 bridgehead atoms. The number of halogens is 1. The monoisotopic (exact) mass is 184 g/mol. The molecule has 0 radical (unpaired) electrons. The number of benzene rings is 1. The first-order chi connectivity index (χ1) is 6.36. The molecule has 72 valence electrons. The predicted molar refractivity (Wildman–Crippen MR) is 48.5 cm³/mol. The van der Waals surface area contributed by atoms with Crippen LogP contribution >= 0.6 is 0 Å². The van der Waals surface area contributed by atoms with Crippen molar-refractivity contribution in [3.05, 3.63) is 29.8 Å². The number of aliphatic hydroxyl groups is 1. The van der Waals surface area contributed by atoms with Crippen molar-refractivity contribution in [2.45, 2.75) is 13.1 Å². The average molecular weight is 184 g/mol. The van der Waals surface area contributed by atoms with Crippen molar-refractivity contribution in [3.8, 4) is 5.75 Å². The normalized spacial score (nSPS) is 10.0. The van der Waals surface area contributed by atoms with E-state index in [1.807, 2.05) is 0 Å². The van der Waals surface area contributed by atoms with Crippen LogP contribution in [-0.4, -0.2) is 18.3 Å². The largest absolute Gasteiger partial charge is 0.493 e. The summed E-state index contributed by atoms with van der Waals surface area (Å²) < 4.78 is 17.5. The van der Waals surface area contributed by atoms with E-state index in [1.54, 1.807) is 24.3 Å². The summed E-state index contributed by atoms with van der Waals surface area (Å²) in [5.74, 6) is 0.656. The second-order valence-corrected chi connectivity index (χ2v) is 2.71. The summed E-state index contributed by atoms with van der Waals surface area (Å²) in [6.45, 7) is 0.103. The smallest absolute Gasteiger partial charge is 0.119 e. The molecule has 1 aromatic carbocycles. The Morgan fingerprint density at radius 1 is 1.38 bits per heavy atom. The molecule has 0 heterocycles. The Kier molecular flexibility index (Phi) is 4.26. The van der Waals surface area contributed by atoms with E-state index in [-0.39, 0.29) is 6.61 Å². The molecular formula is C10H13FO2. The van der Waals surface area contributed by atoms with Gasteiger partial charge in [0.1, 0.15) is 12.4 Å². The van der Waals surface area contributed by atoms with Gasteiger partial charge in [-0.25, -0.2) is 4.39 Å². The molecular weight excluding hydrogens is 171 g/mol. The Hall–Kier alpha value is -1.09. The van der Waals surface area contributed by atoms with Gasteiger partial charge in [-0.1, -0.05) is 12.1 Å². The second-order valence-electron chi connectivity index (χ2n) is 2.71. The molecule has 3 heteroatoms. The molecule has 0 atom stereocenters. The molecule has 0 aromatic heterocycles. The van der Waals surface area contributed by atoms with Gasteiger partial charge in [-0.15, -0.1) is 0 Å². The van der Waals surface area contributed by atoms with Crippen LogP contribution in [0.1, 0.15) is 12.0 Å². The van der Waals surface area contributed by atoms with Crippen LogP contribution in [0.3, 0.4) is 0 Å². The van der Waals surface area contributed by atoms with Crippen molar-refractivity contribution in [3.63, 3.8) is 0 Å². The van der Waals surface area contributed by atoms with E-state index in [0.29, 0.717) is 24.3 Å². The molecule has 1 rings (SSSR count). The highest BCUT2D eigenvalue weighted by Gasteiger charge is 1.95. The van der Waals surface area contributed by atoms with Gasteiger partial charge in [0.25, 0.3) is 0 Å². The molecule has 1 aromatic rings. The van der Waals surface area contributed by atoms with Crippen LogP contribution in [0.25, 0.3) is 0 Å². The first kappa shape index (κ1) is 9.99. The van der Waals surface area contributed by atoms with Crippen LogP contribution in [0, 0.1) is 0 Å². The third kappa shape index (κ3) is 3.42. The first-order valence-electron chi connectivity index (χ1n) is 4.25. The van der Waals surface area contributed by atoms with Crippen LogP contribution in [0.2, 0.25) is 0 Å². The van der Waals surface area contributed by atoms with E-state index in [4.69, 9.17) is 9.84 Å². The summed E-state index contributed by atoms with van der Waals surface area (Å²) in [6, 6.07) is 6.90. The fourth-order valence-electron chi connectivity index (χ4n) is 0.973. The zero-order valence-electron chi connectivity index (χ0n) is 7.37. The maximum absolute atomic E-state index is 12.2. The quantitative estimate of drug-likeness (QED) is 0.708. The third-order valence-corrected chi connectivity index (χ3v) is 1.62. The second kappa shape index (κ2) is 5.54. The molecule has 0 unspecified atom stereocenters. The first-order valence-corrected chi connectivity index (χ1v) is 4.25. The Morgan fingerprint density at radius 2 is 2.23 bits per heavy atom. The van der Waals surface area contributed by atoms with Crippen LogP contribution in [0.4, 0.5) is 4.39 Å². The van der Waals surface area contributed by atoms with Gasteiger partial charge in [-0.2, -0.15) is 0 Å². The molecule has 13 heavy (non-hydrogen) atoms. The lowest BCUT2D eigenvalue weighted by Crippen LogP contribution is -1.99. The Balaban J connectivity index is 2.46. The highest BCUT2D eigenvalue weighted by Crippen LogP contribution is 2.13. The van der Waals surface area contributed by atoms with Gasteiger partial charge >= 0.3 is 0 Å². The van der Waals surface area contributed by atoms with Crippen molar-refractivity contribution in [1.29, 1.82) is 0 Å². The number of ether oxygens (including phenoxy) is 1. The standard InChI is InChI=1S/C10H13FO2/c11-8-9-3-1-4-10(7-9)13-6-2-5-12/h1,3-4,7,12H,2,5-6,8H2. The molecule has 0 aliphatic rings. The molecule has 0 saturated heterocycles. The Labute approximate surface area is 77.0 Å². The van der Waals surface area contributed by atoms with Crippen molar-refractivity contribution < 1.29 is 14.2 Å². The van der Waals surface area contributed by atoms with Crippen molar-refractivity contribution in [1.82, 2.24) is 0 Å². The summed E-state index contributed by atoms with van der Waals surface area (Å²) in [4.78, 5) is 0. The highest BCUT2D eigenvalue weighted by atomic mass is 19.1. The zero-order chi connectivity index (χ0) is 9.52. The molecule has 2 nitrogen and oxygen atoms in total. The minimum atomic E-state index is -0.475. The number of hydrogen-bond donors (Lipinski definition) is 1. The van der Waals surface area contributed by atoms with E-state index >= 15 is 0 Å². The van der Waals surface area contributed by atoms with Crippen LogP contribution < -0.4 is 4.74 Å². The maximum Gasteiger partial charge on any atom is 0.119 e. The number of hydrogen-bond acceptors (Lipinski definition) is 2. The molecule has 0 spiro atoms. The highest BCUT2D eigenvalue weighted by molar-refractivity contribution is 5.27. The van der Waals surface area contributed by atoms with E-state index in [0.717, 1.165) is 0 Å². The number of alkyl halides is 1. The average Bonchev–Trinajstić information content (AvgIpc) is 2.19. The lowest BCUT2D eigenvalue weighted by Gasteiger charge is -2.05. The van der Waals surface area contributed by atoms with Crippen molar-refractivity contribution >= 4 is 0 Å². The van der Waals surface area contributed by atoms with E-state index in [9.17, 15) is 4.39 Å². The van der Waals surface area contributed by atoms with Crippen molar-refractivity contribution in [2.75, 3.05) is 13.2 Å². The summed E-state index contributed by atoms with van der Waals surface area (Å²) >= 11 is 0. The fourth-order valence-corrected chi connectivity index (χ4v) is 0.973. The van der Waals surface area contributed by atoms with Crippen LogP contribution in [0.15, 0.2) is 24.3 Å². The van der Waals surface area contributed by atoms with Crippen molar-refractivity contribution in [2.24, 2.45) is 0 Å². The summed E-state index contributed by atoms with van der Waals surface area (Å²) in [7, 11) is 0. The zero-order valence-corrected chi connectivity index (χ0v) is 7.37. The van der Waals surface area contributed by atoms with Gasteiger partial charge in [-0.3, -0.25) is 0 Å². The minimum Gasteiger partial charge on any atom is -0.493 e. The summed E-state index contributed by atoms with van der Waals surface area (Å²) in [5.41, 5.74) is 0.612. The van der Waals surface area contributed by atoms with Crippen LogP contribution in [-0.2, 0) is 6.67 Å². The van der Waals surface area contributed by atoms with Gasteiger partial charge in [0.2, 0.25) is 0 Å². The van der Waals surface area contributed by atoms with Gasteiger partial charge in [0, 0.05) is 13.0 Å². The number of rotatable bonds is 5. The maximum atomic E-state index is 12.2. The topological polar surface area (TPSA) is 29.5 Å². The minimum absolute atomic E-state index is 0.114. The summed E-state index contributed by atoms with van der Waals surface area (Å²) in [6.07, 6.45) is 0.597. The van der Waals surface area contributed by atoms with Gasteiger partial charge < -0.3 is 9.84 Å². The fraction of sp³-hybridized carbons (Fsp3) is 0.400. The summed E-state index contributed by atoms with van der Waals surface area (Å²) in [5, 5.41) is 8.51. The molecule has 1 N–H and O–H groups in total. The van der Waals surface area contributed by atoms with E-state index in [1.165, 1.54) is 0 Å². The molecule has 0 aliphatic heterocycles. The van der Waals surface area contributed by atoms with Crippen LogP contribution in [0.5, 0.6) is 5.75 Å². The lowest BCUT2D eigenvalue weighted by molar-refractivity contribution is 0.233. The Morgan fingerprint density at radius 3 is 2.92 bits per heavy atom. The SMILES string of the molecule is OCCCOc1cccc(CF)c1. The molecule has 0 aliphatic carbocycles. The molecule has 0 saturated carbocycles.